The zero-order valence-electron chi connectivity index (χ0n) is 17.9. The summed E-state index contributed by atoms with van der Waals surface area (Å²) in [6, 6.07) is 12.0. The second kappa shape index (κ2) is 9.94. The summed E-state index contributed by atoms with van der Waals surface area (Å²) >= 11 is -2.01. The van der Waals surface area contributed by atoms with Crippen molar-refractivity contribution in [1.82, 2.24) is 29.2 Å². The van der Waals surface area contributed by atoms with Crippen LogP contribution in [0.4, 0.5) is 5.82 Å². The molecule has 0 bridgehead atoms. The number of imidazole rings is 1. The third kappa shape index (κ3) is 5.16. The number of anilines is 1. The maximum absolute atomic E-state index is 10.7. The molecule has 4 aromatic rings. The van der Waals surface area contributed by atoms with E-state index in [0.717, 1.165) is 34.3 Å². The van der Waals surface area contributed by atoms with Crippen LogP contribution >= 0.6 is 0 Å². The molecule has 0 fully saturated rings. The molecular formula is C22H25N7O2S. The van der Waals surface area contributed by atoms with Crippen LogP contribution < -0.4 is 10.0 Å². The van der Waals surface area contributed by atoms with Gasteiger partial charge in [-0.05, 0) is 43.5 Å². The van der Waals surface area contributed by atoms with Crippen molar-refractivity contribution in [3.63, 3.8) is 0 Å². The van der Waals surface area contributed by atoms with E-state index in [9.17, 15) is 4.21 Å². The van der Waals surface area contributed by atoms with Crippen molar-refractivity contribution in [3.8, 4) is 11.4 Å². The summed E-state index contributed by atoms with van der Waals surface area (Å²) in [6.45, 7) is 5.20. The van der Waals surface area contributed by atoms with Crippen LogP contribution in [0.3, 0.4) is 0 Å². The van der Waals surface area contributed by atoms with Gasteiger partial charge in [-0.2, -0.15) is 0 Å². The SMILES string of the molecule is CC(C)n1cnc2c(NCCc3ccc(CNS(=O)O)cc3)nc(-c3cccnc3)nc21. The zero-order valence-corrected chi connectivity index (χ0v) is 18.7. The molecular weight excluding hydrogens is 426 g/mol. The van der Waals surface area contributed by atoms with Crippen molar-refractivity contribution in [2.45, 2.75) is 32.9 Å². The highest BCUT2D eigenvalue weighted by atomic mass is 32.2. The summed E-state index contributed by atoms with van der Waals surface area (Å²) < 4.78 is 24.1. The number of aromatic nitrogens is 5. The van der Waals surface area contributed by atoms with Gasteiger partial charge in [-0.25, -0.2) is 23.9 Å². The Hall–Kier alpha value is -3.21. The normalized spacial score (nSPS) is 12.4. The Labute approximate surface area is 188 Å². The Balaban J connectivity index is 1.53. The smallest absolute Gasteiger partial charge is 0.232 e. The third-order valence-corrected chi connectivity index (χ3v) is 5.42. The van der Waals surface area contributed by atoms with Crippen molar-refractivity contribution in [3.05, 3.63) is 66.2 Å². The Morgan fingerprint density at radius 1 is 1.12 bits per heavy atom. The topological polar surface area (TPSA) is 118 Å². The van der Waals surface area contributed by atoms with Crippen molar-refractivity contribution >= 4 is 28.2 Å². The highest BCUT2D eigenvalue weighted by molar-refractivity contribution is 7.77. The van der Waals surface area contributed by atoms with Gasteiger partial charge in [0.2, 0.25) is 11.3 Å². The number of benzene rings is 1. The van der Waals surface area contributed by atoms with E-state index in [1.807, 2.05) is 41.0 Å². The van der Waals surface area contributed by atoms with Crippen molar-refractivity contribution in [2.75, 3.05) is 11.9 Å². The van der Waals surface area contributed by atoms with Crippen LogP contribution in [-0.4, -0.2) is 39.8 Å². The molecule has 3 heterocycles. The fraction of sp³-hybridized carbons (Fsp3) is 0.273. The van der Waals surface area contributed by atoms with Gasteiger partial charge in [0.25, 0.3) is 0 Å². The second-order valence-electron chi connectivity index (χ2n) is 7.62. The minimum atomic E-state index is -2.01. The lowest BCUT2D eigenvalue weighted by atomic mass is 10.1. The van der Waals surface area contributed by atoms with Crippen molar-refractivity contribution in [2.24, 2.45) is 0 Å². The zero-order chi connectivity index (χ0) is 22.5. The van der Waals surface area contributed by atoms with Crippen LogP contribution in [0, 0.1) is 0 Å². The first-order valence-electron chi connectivity index (χ1n) is 10.3. The number of nitrogens with zero attached hydrogens (tertiary/aromatic N) is 5. The van der Waals surface area contributed by atoms with Crippen LogP contribution in [0.1, 0.15) is 31.0 Å². The number of rotatable bonds is 9. The first-order chi connectivity index (χ1) is 15.5. The molecule has 32 heavy (non-hydrogen) atoms. The maximum atomic E-state index is 10.7. The van der Waals surface area contributed by atoms with E-state index in [1.54, 1.807) is 18.7 Å². The fourth-order valence-electron chi connectivity index (χ4n) is 3.34. The molecule has 0 saturated carbocycles. The number of fused-ring (bicyclic) bond motifs is 1. The van der Waals surface area contributed by atoms with Crippen LogP contribution in [0.5, 0.6) is 0 Å². The number of hydrogen-bond acceptors (Lipinski definition) is 6. The van der Waals surface area contributed by atoms with Gasteiger partial charge < -0.3 is 9.88 Å². The molecule has 1 aromatic carbocycles. The van der Waals surface area contributed by atoms with Gasteiger partial charge >= 0.3 is 0 Å². The van der Waals surface area contributed by atoms with Gasteiger partial charge in [0.1, 0.15) is 5.52 Å². The average Bonchev–Trinajstić information content (AvgIpc) is 3.24. The molecule has 9 nitrogen and oxygen atoms in total. The van der Waals surface area contributed by atoms with E-state index in [2.05, 4.69) is 33.9 Å². The van der Waals surface area contributed by atoms with Crippen LogP contribution in [-0.2, 0) is 24.2 Å². The first-order valence-corrected chi connectivity index (χ1v) is 11.4. The second-order valence-corrected chi connectivity index (χ2v) is 8.41. The molecule has 4 rings (SSSR count). The predicted octanol–water partition coefficient (Wildman–Crippen LogP) is 3.35. The van der Waals surface area contributed by atoms with Crippen LogP contribution in [0.2, 0.25) is 0 Å². The highest BCUT2D eigenvalue weighted by Crippen LogP contribution is 2.25. The molecule has 0 saturated heterocycles. The van der Waals surface area contributed by atoms with Gasteiger partial charge in [0, 0.05) is 37.1 Å². The Bertz CT molecular complexity index is 1210. The van der Waals surface area contributed by atoms with Crippen LogP contribution in [0.15, 0.2) is 55.1 Å². The summed E-state index contributed by atoms with van der Waals surface area (Å²) in [6.07, 6.45) is 6.07. The van der Waals surface area contributed by atoms with Crippen molar-refractivity contribution in [1.29, 1.82) is 0 Å². The maximum Gasteiger partial charge on any atom is 0.232 e. The summed E-state index contributed by atoms with van der Waals surface area (Å²) in [5, 5.41) is 3.42. The molecule has 3 aromatic heterocycles. The molecule has 1 unspecified atom stereocenters. The third-order valence-electron chi connectivity index (χ3n) is 5.03. The van der Waals surface area contributed by atoms with Gasteiger partial charge in [-0.3, -0.25) is 9.54 Å². The van der Waals surface area contributed by atoms with Gasteiger partial charge in [0.05, 0.1) is 6.33 Å². The summed E-state index contributed by atoms with van der Waals surface area (Å²) in [4.78, 5) is 18.2. The molecule has 1 atom stereocenters. The minimum absolute atomic E-state index is 0.223. The number of pyridine rings is 1. The summed E-state index contributed by atoms with van der Waals surface area (Å²) in [7, 11) is 0. The standard InChI is InChI=1S/C22H25N7O2S/c1-15(2)29-14-25-19-21(27-20(28-22(19)29)18-4-3-10-23-13-18)24-11-9-16-5-7-17(8-6-16)12-26-32(30)31/h3-8,10,13-15,26H,9,11-12H2,1-2H3,(H,30,31)(H,24,27,28). The first kappa shape index (κ1) is 22.0. The quantitative estimate of drug-likeness (QED) is 0.334. The van der Waals surface area contributed by atoms with E-state index in [-0.39, 0.29) is 6.04 Å². The Morgan fingerprint density at radius 2 is 1.91 bits per heavy atom. The summed E-state index contributed by atoms with van der Waals surface area (Å²) in [5.41, 5.74) is 4.47. The Morgan fingerprint density at radius 3 is 2.59 bits per heavy atom. The monoisotopic (exact) mass is 451 g/mol. The van der Waals surface area contributed by atoms with Crippen molar-refractivity contribution < 1.29 is 8.76 Å². The number of hydrogen-bond donors (Lipinski definition) is 3. The predicted molar refractivity (Wildman–Crippen MR) is 125 cm³/mol. The van der Waals surface area contributed by atoms with Gasteiger partial charge in [-0.1, -0.05) is 24.3 Å². The lowest BCUT2D eigenvalue weighted by molar-refractivity contribution is 0.548. The van der Waals surface area contributed by atoms with E-state index in [0.29, 0.717) is 24.7 Å². The largest absolute Gasteiger partial charge is 0.368 e. The van der Waals surface area contributed by atoms with E-state index in [4.69, 9.17) is 14.5 Å². The number of nitrogens with one attached hydrogen (secondary N) is 2. The molecule has 3 N–H and O–H groups in total. The lowest BCUT2D eigenvalue weighted by Crippen LogP contribution is -2.15. The van der Waals surface area contributed by atoms with E-state index in [1.165, 1.54) is 0 Å². The van der Waals surface area contributed by atoms with Gasteiger partial charge in [-0.15, -0.1) is 0 Å². The van der Waals surface area contributed by atoms with Gasteiger partial charge in [0.15, 0.2) is 17.3 Å². The fourth-order valence-corrected chi connectivity index (χ4v) is 3.63. The molecule has 0 aliphatic rings. The van der Waals surface area contributed by atoms with E-state index >= 15 is 0 Å². The molecule has 0 spiro atoms. The molecule has 166 valence electrons. The minimum Gasteiger partial charge on any atom is -0.368 e. The molecule has 0 amide bonds. The van der Waals surface area contributed by atoms with Crippen LogP contribution in [0.25, 0.3) is 22.6 Å². The lowest BCUT2D eigenvalue weighted by Gasteiger charge is -2.11. The molecule has 0 radical (unpaired) electrons. The average molecular weight is 452 g/mol. The molecule has 0 aliphatic carbocycles. The molecule has 10 heteroatoms. The Kier molecular flexibility index (Phi) is 6.84. The summed E-state index contributed by atoms with van der Waals surface area (Å²) in [5.74, 6) is 1.30. The molecule has 0 aliphatic heterocycles. The van der Waals surface area contributed by atoms with E-state index < -0.39 is 11.3 Å². The highest BCUT2D eigenvalue weighted by Gasteiger charge is 2.15.